The number of halogens is 4. The number of rotatable bonds is 3. The Labute approximate surface area is 134 Å². The Morgan fingerprint density at radius 3 is 2.33 bits per heavy atom. The second-order valence-electron chi connectivity index (χ2n) is 5.15. The number of aryl methyl sites for hydroxylation is 2. The molecule has 1 amide bonds. The second kappa shape index (κ2) is 6.06. The Hall–Kier alpha value is -2.71. The third-order valence-electron chi connectivity index (χ3n) is 3.48. The molecule has 2 aromatic rings. The lowest BCUT2D eigenvalue weighted by Gasteiger charge is -2.10. The molecule has 1 heterocycles. The predicted octanol–water partition coefficient (Wildman–Crippen LogP) is 3.02. The van der Waals surface area contributed by atoms with Gasteiger partial charge in [0.25, 0.3) is 11.7 Å². The quantitative estimate of drug-likeness (QED) is 0.529. The van der Waals surface area contributed by atoms with Gasteiger partial charge in [0.15, 0.2) is 0 Å². The van der Waals surface area contributed by atoms with Crippen molar-refractivity contribution in [3.05, 3.63) is 46.5 Å². The third kappa shape index (κ3) is 3.29. The number of ketones is 1. The summed E-state index contributed by atoms with van der Waals surface area (Å²) in [5.41, 5.74) is -1.12. The van der Waals surface area contributed by atoms with Gasteiger partial charge in [-0.05, 0) is 32.0 Å². The number of Topliss-reactive ketones (excluding diaryl/α,β-unsaturated/α-hetero) is 1. The summed E-state index contributed by atoms with van der Waals surface area (Å²) >= 11 is 0. The molecule has 5 nitrogen and oxygen atoms in total. The van der Waals surface area contributed by atoms with Gasteiger partial charge in [0.1, 0.15) is 5.82 Å². The van der Waals surface area contributed by atoms with Crippen molar-refractivity contribution in [1.82, 2.24) is 9.78 Å². The highest BCUT2D eigenvalue weighted by molar-refractivity contribution is 6.47. The number of benzene rings is 1. The molecular formula is C15H13F4N3O2. The largest absolute Gasteiger partial charge is 0.416 e. The summed E-state index contributed by atoms with van der Waals surface area (Å²) in [6.45, 7) is 3.07. The molecule has 0 aliphatic carbocycles. The van der Waals surface area contributed by atoms with Crippen molar-refractivity contribution >= 4 is 17.4 Å². The molecule has 2 rings (SSSR count). The molecule has 0 fully saturated rings. The first-order valence-corrected chi connectivity index (χ1v) is 6.75. The van der Waals surface area contributed by atoms with Gasteiger partial charge in [-0.1, -0.05) is 0 Å². The van der Waals surface area contributed by atoms with Crippen LogP contribution in [0.3, 0.4) is 0 Å². The molecule has 1 aromatic heterocycles. The molecule has 0 aliphatic rings. The van der Waals surface area contributed by atoms with Gasteiger partial charge >= 0.3 is 6.18 Å². The summed E-state index contributed by atoms with van der Waals surface area (Å²) < 4.78 is 53.0. The van der Waals surface area contributed by atoms with Crippen molar-refractivity contribution in [2.75, 3.05) is 5.32 Å². The Bertz CT molecular complexity index is 825. The standard InChI is InChI=1S/C15H13F4N3O2/c1-7-12(8(2)22(3)21-7)13(23)14(24)20-11-6-9(15(17,18)19)4-5-10(11)16/h4-6H,1-3H3,(H,20,24). The van der Waals surface area contributed by atoms with Crippen LogP contribution in [0.1, 0.15) is 27.3 Å². The number of aromatic nitrogens is 2. The van der Waals surface area contributed by atoms with Crippen LogP contribution < -0.4 is 5.32 Å². The molecule has 0 aliphatic heterocycles. The number of alkyl halides is 3. The van der Waals surface area contributed by atoms with E-state index in [0.29, 0.717) is 29.6 Å². The van der Waals surface area contributed by atoms with E-state index in [4.69, 9.17) is 0 Å². The van der Waals surface area contributed by atoms with Crippen LogP contribution in [0.2, 0.25) is 0 Å². The highest BCUT2D eigenvalue weighted by Crippen LogP contribution is 2.31. The summed E-state index contributed by atoms with van der Waals surface area (Å²) in [6, 6.07) is 1.55. The fraction of sp³-hybridized carbons (Fsp3) is 0.267. The molecule has 0 spiro atoms. The zero-order valence-corrected chi connectivity index (χ0v) is 13.0. The molecule has 1 N–H and O–H groups in total. The number of nitrogens with zero attached hydrogens (tertiary/aromatic N) is 2. The summed E-state index contributed by atoms with van der Waals surface area (Å²) in [5, 5.41) is 5.86. The van der Waals surface area contributed by atoms with E-state index in [2.05, 4.69) is 5.10 Å². The summed E-state index contributed by atoms with van der Waals surface area (Å²) in [4.78, 5) is 24.2. The fourth-order valence-corrected chi connectivity index (χ4v) is 2.19. The minimum absolute atomic E-state index is 0.0300. The summed E-state index contributed by atoms with van der Waals surface area (Å²) in [7, 11) is 1.57. The maximum absolute atomic E-state index is 13.6. The van der Waals surface area contributed by atoms with Gasteiger partial charge in [-0.2, -0.15) is 18.3 Å². The minimum Gasteiger partial charge on any atom is -0.317 e. The van der Waals surface area contributed by atoms with Gasteiger partial charge in [-0.15, -0.1) is 0 Å². The first-order chi connectivity index (χ1) is 11.0. The molecule has 24 heavy (non-hydrogen) atoms. The van der Waals surface area contributed by atoms with Crippen LogP contribution in [0.4, 0.5) is 23.2 Å². The zero-order chi connectivity index (χ0) is 18.2. The Balaban J connectivity index is 2.31. The molecule has 1 aromatic carbocycles. The van der Waals surface area contributed by atoms with E-state index in [1.165, 1.54) is 11.6 Å². The van der Waals surface area contributed by atoms with Crippen LogP contribution in [0.5, 0.6) is 0 Å². The topological polar surface area (TPSA) is 64.0 Å². The van der Waals surface area contributed by atoms with Crippen molar-refractivity contribution in [1.29, 1.82) is 0 Å². The van der Waals surface area contributed by atoms with Crippen molar-refractivity contribution in [3.63, 3.8) is 0 Å². The average Bonchev–Trinajstić information content (AvgIpc) is 2.72. The molecule has 0 saturated carbocycles. The first kappa shape index (κ1) is 17.6. The van der Waals surface area contributed by atoms with Gasteiger partial charge in [0, 0.05) is 12.7 Å². The van der Waals surface area contributed by atoms with Crippen LogP contribution in [0.25, 0.3) is 0 Å². The molecule has 0 saturated heterocycles. The number of hydrogen-bond acceptors (Lipinski definition) is 3. The van der Waals surface area contributed by atoms with Gasteiger partial charge in [0.05, 0.1) is 22.5 Å². The molecule has 0 unspecified atom stereocenters. The number of amides is 1. The SMILES string of the molecule is Cc1nn(C)c(C)c1C(=O)C(=O)Nc1cc(C(F)(F)F)ccc1F. The number of hydrogen-bond donors (Lipinski definition) is 1. The Kier molecular flexibility index (Phi) is 4.46. The predicted molar refractivity (Wildman–Crippen MR) is 77.0 cm³/mol. The van der Waals surface area contributed by atoms with Gasteiger partial charge in [-0.25, -0.2) is 4.39 Å². The first-order valence-electron chi connectivity index (χ1n) is 6.75. The number of carbonyl (C=O) groups is 2. The van der Waals surface area contributed by atoms with Crippen molar-refractivity contribution in [2.24, 2.45) is 7.05 Å². The van der Waals surface area contributed by atoms with E-state index in [1.54, 1.807) is 14.0 Å². The van der Waals surface area contributed by atoms with Gasteiger partial charge in [-0.3, -0.25) is 14.3 Å². The van der Waals surface area contributed by atoms with E-state index < -0.39 is 34.9 Å². The number of anilines is 1. The molecular weight excluding hydrogens is 330 g/mol. The zero-order valence-electron chi connectivity index (χ0n) is 13.0. The Morgan fingerprint density at radius 1 is 1.21 bits per heavy atom. The lowest BCUT2D eigenvalue weighted by atomic mass is 10.1. The average molecular weight is 343 g/mol. The lowest BCUT2D eigenvalue weighted by Crippen LogP contribution is -2.24. The van der Waals surface area contributed by atoms with Crippen LogP contribution >= 0.6 is 0 Å². The van der Waals surface area contributed by atoms with E-state index in [9.17, 15) is 27.2 Å². The van der Waals surface area contributed by atoms with Crippen LogP contribution in [0, 0.1) is 19.7 Å². The van der Waals surface area contributed by atoms with Gasteiger partial charge < -0.3 is 5.32 Å². The molecule has 0 atom stereocenters. The maximum atomic E-state index is 13.6. The smallest absolute Gasteiger partial charge is 0.317 e. The Morgan fingerprint density at radius 2 is 1.83 bits per heavy atom. The number of nitrogens with one attached hydrogen (secondary N) is 1. The van der Waals surface area contributed by atoms with Crippen LogP contribution in [0.15, 0.2) is 18.2 Å². The maximum Gasteiger partial charge on any atom is 0.416 e. The van der Waals surface area contributed by atoms with Crippen molar-refractivity contribution < 1.29 is 27.2 Å². The van der Waals surface area contributed by atoms with E-state index in [1.807, 2.05) is 5.32 Å². The van der Waals surface area contributed by atoms with E-state index in [0.717, 1.165) is 0 Å². The van der Waals surface area contributed by atoms with E-state index in [-0.39, 0.29) is 5.56 Å². The summed E-state index contributed by atoms with van der Waals surface area (Å²) in [6.07, 6.45) is -4.70. The second-order valence-corrected chi connectivity index (χ2v) is 5.15. The van der Waals surface area contributed by atoms with Gasteiger partial charge in [0.2, 0.25) is 0 Å². The molecule has 0 bridgehead atoms. The summed E-state index contributed by atoms with van der Waals surface area (Å²) in [5.74, 6) is -3.33. The number of carbonyl (C=O) groups excluding carboxylic acids is 2. The molecule has 9 heteroatoms. The van der Waals surface area contributed by atoms with Crippen molar-refractivity contribution in [2.45, 2.75) is 20.0 Å². The molecule has 128 valence electrons. The van der Waals surface area contributed by atoms with Crippen molar-refractivity contribution in [3.8, 4) is 0 Å². The highest BCUT2D eigenvalue weighted by Gasteiger charge is 2.32. The fourth-order valence-electron chi connectivity index (χ4n) is 2.19. The van der Waals surface area contributed by atoms with Crippen LogP contribution in [-0.4, -0.2) is 21.5 Å². The monoisotopic (exact) mass is 343 g/mol. The normalized spacial score (nSPS) is 11.5. The lowest BCUT2D eigenvalue weighted by molar-refractivity contribution is -0.137. The highest BCUT2D eigenvalue weighted by atomic mass is 19.4. The molecule has 0 radical (unpaired) electrons. The van der Waals surface area contributed by atoms with E-state index >= 15 is 0 Å². The van der Waals surface area contributed by atoms with Crippen LogP contribution in [-0.2, 0) is 18.0 Å². The third-order valence-corrected chi connectivity index (χ3v) is 3.48. The minimum atomic E-state index is -4.70.